The monoisotopic (exact) mass is 251 g/mol. The van der Waals surface area contributed by atoms with Crippen LogP contribution in [0.2, 0.25) is 0 Å². The highest BCUT2D eigenvalue weighted by Gasteiger charge is 2.21. The minimum atomic E-state index is 0.212. The maximum Gasteiger partial charge on any atom is 0.122 e. The maximum atomic E-state index is 6.05. The van der Waals surface area contributed by atoms with Crippen molar-refractivity contribution in [1.29, 1.82) is 0 Å². The first-order chi connectivity index (χ1) is 8.33. The van der Waals surface area contributed by atoms with E-state index in [-0.39, 0.29) is 6.04 Å². The van der Waals surface area contributed by atoms with Crippen LogP contribution in [-0.4, -0.2) is 18.1 Å². The molecule has 94 valence electrons. The molecule has 3 heteroatoms. The maximum absolute atomic E-state index is 6.05. The summed E-state index contributed by atoms with van der Waals surface area (Å²) in [6.45, 7) is 3.01. The van der Waals surface area contributed by atoms with Crippen molar-refractivity contribution in [2.45, 2.75) is 32.2 Å². The van der Waals surface area contributed by atoms with E-state index < -0.39 is 0 Å². The third-order valence-electron chi connectivity index (χ3n) is 3.17. The first-order valence-corrected chi connectivity index (χ1v) is 7.56. The molecule has 2 N–H and O–H groups in total. The summed E-state index contributed by atoms with van der Waals surface area (Å²) in [5.74, 6) is 3.43. The van der Waals surface area contributed by atoms with Crippen LogP contribution in [0.3, 0.4) is 0 Å². The van der Waals surface area contributed by atoms with Crippen LogP contribution < -0.4 is 10.5 Å². The lowest BCUT2D eigenvalue weighted by Gasteiger charge is -2.11. The molecule has 0 fully saturated rings. The van der Waals surface area contributed by atoms with Crippen LogP contribution >= 0.6 is 11.8 Å². The fraction of sp³-hybridized carbons (Fsp3) is 0.571. The summed E-state index contributed by atoms with van der Waals surface area (Å²) >= 11 is 1.97. The second-order valence-electron chi connectivity index (χ2n) is 4.37. The first-order valence-electron chi connectivity index (χ1n) is 6.41. The Kier molecular flexibility index (Phi) is 4.75. The molecule has 0 amide bonds. The minimum Gasteiger partial charge on any atom is -0.493 e. The zero-order valence-electron chi connectivity index (χ0n) is 10.4. The van der Waals surface area contributed by atoms with Crippen molar-refractivity contribution in [3.8, 4) is 5.75 Å². The normalized spacial score (nSPS) is 18.1. The number of thioether (sulfide) groups is 1. The van der Waals surface area contributed by atoms with Gasteiger partial charge in [-0.25, -0.2) is 0 Å². The summed E-state index contributed by atoms with van der Waals surface area (Å²) in [5, 5.41) is 0. The van der Waals surface area contributed by atoms with Crippen LogP contribution in [0.5, 0.6) is 5.75 Å². The van der Waals surface area contributed by atoms with Gasteiger partial charge in [0.2, 0.25) is 0 Å². The molecule has 0 radical (unpaired) electrons. The van der Waals surface area contributed by atoms with Gasteiger partial charge in [-0.15, -0.1) is 0 Å². The van der Waals surface area contributed by atoms with Gasteiger partial charge < -0.3 is 10.5 Å². The van der Waals surface area contributed by atoms with Gasteiger partial charge in [0.15, 0.2) is 0 Å². The number of ether oxygens (including phenoxy) is 1. The summed E-state index contributed by atoms with van der Waals surface area (Å²) in [4.78, 5) is 0. The third-order valence-corrected chi connectivity index (χ3v) is 4.15. The molecular weight excluding hydrogens is 230 g/mol. The number of hydrogen-bond donors (Lipinski definition) is 1. The second kappa shape index (κ2) is 6.31. The first kappa shape index (κ1) is 12.8. The zero-order valence-corrected chi connectivity index (χ0v) is 11.3. The average Bonchev–Trinajstić information content (AvgIpc) is 2.72. The fourth-order valence-electron chi connectivity index (χ4n) is 2.28. The topological polar surface area (TPSA) is 35.2 Å². The van der Waals surface area contributed by atoms with Gasteiger partial charge in [0, 0.05) is 6.04 Å². The highest BCUT2D eigenvalue weighted by atomic mass is 32.2. The molecule has 0 aromatic heterocycles. The third kappa shape index (κ3) is 3.17. The average molecular weight is 251 g/mol. The number of fused-ring (bicyclic) bond motifs is 1. The smallest absolute Gasteiger partial charge is 0.122 e. The van der Waals surface area contributed by atoms with Crippen molar-refractivity contribution >= 4 is 11.8 Å². The molecule has 2 nitrogen and oxygen atoms in total. The summed E-state index contributed by atoms with van der Waals surface area (Å²) in [5.41, 5.74) is 8.67. The van der Waals surface area contributed by atoms with Crippen molar-refractivity contribution in [2.75, 3.05) is 18.1 Å². The predicted molar refractivity (Wildman–Crippen MR) is 74.8 cm³/mol. The molecular formula is C14H21NOS. The van der Waals surface area contributed by atoms with Crippen LogP contribution in [0.4, 0.5) is 0 Å². The van der Waals surface area contributed by atoms with E-state index >= 15 is 0 Å². The molecule has 17 heavy (non-hydrogen) atoms. The Morgan fingerprint density at radius 2 is 2.35 bits per heavy atom. The van der Waals surface area contributed by atoms with Crippen molar-refractivity contribution in [2.24, 2.45) is 5.73 Å². The van der Waals surface area contributed by atoms with Gasteiger partial charge in [0.25, 0.3) is 0 Å². The van der Waals surface area contributed by atoms with Crippen LogP contribution in [0.1, 0.15) is 36.9 Å². The fourth-order valence-corrected chi connectivity index (χ4v) is 2.89. The number of rotatable bonds is 6. The van der Waals surface area contributed by atoms with Crippen LogP contribution in [0.15, 0.2) is 18.2 Å². The highest BCUT2D eigenvalue weighted by Crippen LogP contribution is 2.35. The molecule has 1 atom stereocenters. The molecule has 0 spiro atoms. The van der Waals surface area contributed by atoms with Crippen molar-refractivity contribution < 1.29 is 4.74 Å². The van der Waals surface area contributed by atoms with Crippen molar-refractivity contribution in [3.63, 3.8) is 0 Å². The molecule has 0 aliphatic heterocycles. The van der Waals surface area contributed by atoms with Crippen molar-refractivity contribution in [1.82, 2.24) is 0 Å². The molecule has 2 rings (SSSR count). The number of nitrogens with two attached hydrogens (primary N) is 1. The molecule has 1 aromatic carbocycles. The molecule has 0 bridgehead atoms. The van der Waals surface area contributed by atoms with Crippen LogP contribution in [-0.2, 0) is 6.42 Å². The van der Waals surface area contributed by atoms with E-state index in [9.17, 15) is 0 Å². The van der Waals surface area contributed by atoms with E-state index in [2.05, 4.69) is 25.1 Å². The molecule has 1 aliphatic rings. The summed E-state index contributed by atoms with van der Waals surface area (Å²) in [6, 6.07) is 6.47. The summed E-state index contributed by atoms with van der Waals surface area (Å²) in [7, 11) is 0. The summed E-state index contributed by atoms with van der Waals surface area (Å²) in [6.07, 6.45) is 3.24. The van der Waals surface area contributed by atoms with Crippen LogP contribution in [0, 0.1) is 0 Å². The standard InChI is InChI=1S/C14H21NOS/c1-2-17-10-4-9-16-14-6-3-5-11-12(14)7-8-13(11)15/h3,5-6,13H,2,4,7-10,15H2,1H3. The molecule has 0 heterocycles. The summed E-state index contributed by atoms with van der Waals surface area (Å²) < 4.78 is 5.87. The van der Waals surface area contributed by atoms with Gasteiger partial charge in [-0.05, 0) is 48.0 Å². The highest BCUT2D eigenvalue weighted by molar-refractivity contribution is 7.99. The lowest BCUT2D eigenvalue weighted by Crippen LogP contribution is -2.05. The Bertz CT molecular complexity index is 367. The Balaban J connectivity index is 1.89. The van der Waals surface area contributed by atoms with E-state index in [1.807, 2.05) is 11.8 Å². The Hall–Kier alpha value is -0.670. The predicted octanol–water partition coefficient (Wildman–Crippen LogP) is 3.15. The van der Waals surface area contributed by atoms with Gasteiger partial charge in [0.1, 0.15) is 5.75 Å². The van der Waals surface area contributed by atoms with E-state index in [1.54, 1.807) is 0 Å². The Morgan fingerprint density at radius 3 is 3.18 bits per heavy atom. The van der Waals surface area contributed by atoms with Crippen LogP contribution in [0.25, 0.3) is 0 Å². The zero-order chi connectivity index (χ0) is 12.1. The van der Waals surface area contributed by atoms with E-state index in [0.717, 1.165) is 31.6 Å². The molecule has 1 aliphatic carbocycles. The molecule has 1 aromatic rings. The Labute approximate surface area is 108 Å². The number of benzene rings is 1. The molecule has 0 saturated carbocycles. The van der Waals surface area contributed by atoms with Gasteiger partial charge in [-0.2, -0.15) is 11.8 Å². The van der Waals surface area contributed by atoms with Gasteiger partial charge in [-0.1, -0.05) is 19.1 Å². The minimum absolute atomic E-state index is 0.212. The van der Waals surface area contributed by atoms with Gasteiger partial charge in [0.05, 0.1) is 6.61 Å². The molecule has 1 unspecified atom stereocenters. The van der Waals surface area contributed by atoms with E-state index in [0.29, 0.717) is 0 Å². The number of hydrogen-bond acceptors (Lipinski definition) is 3. The SMILES string of the molecule is CCSCCCOc1cccc2c1CCC2N. The lowest BCUT2D eigenvalue weighted by atomic mass is 10.1. The largest absolute Gasteiger partial charge is 0.493 e. The van der Waals surface area contributed by atoms with E-state index in [4.69, 9.17) is 10.5 Å². The quantitative estimate of drug-likeness (QED) is 0.789. The molecule has 0 saturated heterocycles. The Morgan fingerprint density at radius 1 is 1.47 bits per heavy atom. The van der Waals surface area contributed by atoms with Crippen molar-refractivity contribution in [3.05, 3.63) is 29.3 Å². The lowest BCUT2D eigenvalue weighted by molar-refractivity contribution is 0.316. The van der Waals surface area contributed by atoms with E-state index in [1.165, 1.54) is 22.6 Å². The van der Waals surface area contributed by atoms with Gasteiger partial charge >= 0.3 is 0 Å². The second-order valence-corrected chi connectivity index (χ2v) is 5.76. The van der Waals surface area contributed by atoms with Gasteiger partial charge in [-0.3, -0.25) is 0 Å².